The molecule has 1 aromatic rings. The average Bonchev–Trinajstić information content (AvgIpc) is 2.77. The Morgan fingerprint density at radius 1 is 1.13 bits per heavy atom. The zero-order valence-electron chi connectivity index (χ0n) is 14.4. The smallest absolute Gasteiger partial charge is 0.255 e. The summed E-state index contributed by atoms with van der Waals surface area (Å²) in [7, 11) is 3.43. The van der Waals surface area contributed by atoms with E-state index >= 15 is 0 Å². The minimum absolute atomic E-state index is 0.0472. The monoisotopic (exact) mass is 317 g/mol. The fraction of sp³-hybridized carbons (Fsp3) is 0.556. The number of hydrogen-bond donors (Lipinski definition) is 1. The number of amides is 2. The zero-order chi connectivity index (χ0) is 16.8. The summed E-state index contributed by atoms with van der Waals surface area (Å²) in [5, 5.41) is 2.95. The number of carbonyl (C=O) groups is 2. The fourth-order valence-corrected chi connectivity index (χ4v) is 2.93. The SMILES string of the molecule is Cc1cccc(C(=O)N(C)C)c1NC(=O)CN1CCCCCC1. The van der Waals surface area contributed by atoms with Gasteiger partial charge in [0, 0.05) is 14.1 Å². The van der Waals surface area contributed by atoms with Crippen LogP contribution < -0.4 is 5.32 Å². The van der Waals surface area contributed by atoms with Gasteiger partial charge in [-0.1, -0.05) is 25.0 Å². The van der Waals surface area contributed by atoms with E-state index in [4.69, 9.17) is 0 Å². The molecular formula is C18H27N3O2. The van der Waals surface area contributed by atoms with Gasteiger partial charge in [0.1, 0.15) is 0 Å². The van der Waals surface area contributed by atoms with E-state index in [-0.39, 0.29) is 11.8 Å². The van der Waals surface area contributed by atoms with E-state index < -0.39 is 0 Å². The number of carbonyl (C=O) groups excluding carboxylic acids is 2. The van der Waals surface area contributed by atoms with Crippen LogP contribution in [0.1, 0.15) is 41.6 Å². The molecule has 2 rings (SSSR count). The van der Waals surface area contributed by atoms with Crippen LogP contribution in [0.15, 0.2) is 18.2 Å². The molecule has 0 radical (unpaired) electrons. The van der Waals surface area contributed by atoms with E-state index in [0.29, 0.717) is 17.8 Å². The minimum Gasteiger partial charge on any atom is -0.345 e. The van der Waals surface area contributed by atoms with Crippen molar-refractivity contribution < 1.29 is 9.59 Å². The van der Waals surface area contributed by atoms with Gasteiger partial charge in [0.2, 0.25) is 5.91 Å². The molecule has 1 aliphatic heterocycles. The molecule has 0 bridgehead atoms. The lowest BCUT2D eigenvalue weighted by molar-refractivity contribution is -0.117. The van der Waals surface area contributed by atoms with Gasteiger partial charge >= 0.3 is 0 Å². The second-order valence-corrected chi connectivity index (χ2v) is 6.44. The number of benzene rings is 1. The summed E-state index contributed by atoms with van der Waals surface area (Å²) in [5.74, 6) is -0.146. The molecule has 0 saturated carbocycles. The van der Waals surface area contributed by atoms with Crippen LogP contribution in [0.2, 0.25) is 0 Å². The van der Waals surface area contributed by atoms with Crippen LogP contribution >= 0.6 is 0 Å². The Bertz CT molecular complexity index is 561. The van der Waals surface area contributed by atoms with E-state index in [1.54, 1.807) is 20.2 Å². The summed E-state index contributed by atoms with van der Waals surface area (Å²) in [4.78, 5) is 28.4. The summed E-state index contributed by atoms with van der Waals surface area (Å²) in [6, 6.07) is 5.52. The highest BCUT2D eigenvalue weighted by Gasteiger charge is 2.18. The van der Waals surface area contributed by atoms with Crippen molar-refractivity contribution in [2.24, 2.45) is 0 Å². The van der Waals surface area contributed by atoms with Gasteiger partial charge in [0.25, 0.3) is 5.91 Å². The van der Waals surface area contributed by atoms with Gasteiger partial charge in [-0.15, -0.1) is 0 Å². The maximum atomic E-state index is 12.4. The van der Waals surface area contributed by atoms with Crippen molar-refractivity contribution in [3.63, 3.8) is 0 Å². The van der Waals surface area contributed by atoms with Crippen molar-refractivity contribution >= 4 is 17.5 Å². The highest BCUT2D eigenvalue weighted by molar-refractivity contribution is 6.04. The number of nitrogens with one attached hydrogen (secondary N) is 1. The zero-order valence-corrected chi connectivity index (χ0v) is 14.4. The predicted molar refractivity (Wildman–Crippen MR) is 92.7 cm³/mol. The molecule has 0 aromatic heterocycles. The standard InChI is InChI=1S/C18H27N3O2/c1-14-9-8-10-15(18(23)20(2)3)17(14)19-16(22)13-21-11-6-4-5-7-12-21/h8-10H,4-7,11-13H2,1-3H3,(H,19,22). The maximum Gasteiger partial charge on any atom is 0.255 e. The van der Waals surface area contributed by atoms with Gasteiger partial charge in [0.05, 0.1) is 17.8 Å². The highest BCUT2D eigenvalue weighted by Crippen LogP contribution is 2.22. The molecule has 5 heteroatoms. The number of hydrogen-bond acceptors (Lipinski definition) is 3. The van der Waals surface area contributed by atoms with Crippen molar-refractivity contribution in [1.82, 2.24) is 9.80 Å². The molecule has 0 unspecified atom stereocenters. The Hall–Kier alpha value is -1.88. The largest absolute Gasteiger partial charge is 0.345 e. The lowest BCUT2D eigenvalue weighted by Gasteiger charge is -2.21. The first-order chi connectivity index (χ1) is 11.0. The molecular weight excluding hydrogens is 290 g/mol. The van der Waals surface area contributed by atoms with Crippen molar-refractivity contribution in [3.05, 3.63) is 29.3 Å². The van der Waals surface area contributed by atoms with Crippen molar-refractivity contribution in [3.8, 4) is 0 Å². The quantitative estimate of drug-likeness (QED) is 0.928. The van der Waals surface area contributed by atoms with E-state index in [2.05, 4.69) is 10.2 Å². The van der Waals surface area contributed by atoms with Gasteiger partial charge < -0.3 is 10.2 Å². The Balaban J connectivity index is 2.09. The highest BCUT2D eigenvalue weighted by atomic mass is 16.2. The molecule has 126 valence electrons. The third-order valence-corrected chi connectivity index (χ3v) is 4.24. The normalized spacial score (nSPS) is 15.8. The predicted octanol–water partition coefficient (Wildman–Crippen LogP) is 2.51. The van der Waals surface area contributed by atoms with Crippen LogP contribution in [0.25, 0.3) is 0 Å². The summed E-state index contributed by atoms with van der Waals surface area (Å²) in [6.07, 6.45) is 4.80. The number of nitrogens with zero attached hydrogens (tertiary/aromatic N) is 2. The fourth-order valence-electron chi connectivity index (χ4n) is 2.93. The van der Waals surface area contributed by atoms with Gasteiger partial charge in [-0.3, -0.25) is 14.5 Å². The molecule has 1 N–H and O–H groups in total. The van der Waals surface area contributed by atoms with Gasteiger partial charge in [-0.2, -0.15) is 0 Å². The number of likely N-dealkylation sites (tertiary alicyclic amines) is 1. The second-order valence-electron chi connectivity index (χ2n) is 6.44. The molecule has 0 spiro atoms. The first kappa shape index (κ1) is 17.5. The van der Waals surface area contributed by atoms with E-state index in [9.17, 15) is 9.59 Å². The Morgan fingerprint density at radius 2 is 1.78 bits per heavy atom. The molecule has 0 aliphatic carbocycles. The number of para-hydroxylation sites is 1. The van der Waals surface area contributed by atoms with Crippen LogP contribution in [0.5, 0.6) is 0 Å². The van der Waals surface area contributed by atoms with E-state index in [0.717, 1.165) is 31.5 Å². The first-order valence-electron chi connectivity index (χ1n) is 8.32. The van der Waals surface area contributed by atoms with Gasteiger partial charge in [-0.25, -0.2) is 0 Å². The topological polar surface area (TPSA) is 52.7 Å². The molecule has 1 fully saturated rings. The lowest BCUT2D eigenvalue weighted by atomic mass is 10.1. The molecule has 1 aliphatic rings. The van der Waals surface area contributed by atoms with Crippen molar-refractivity contribution in [2.45, 2.75) is 32.6 Å². The third kappa shape index (κ3) is 4.79. The van der Waals surface area contributed by atoms with Crippen LogP contribution in [0.3, 0.4) is 0 Å². The van der Waals surface area contributed by atoms with Crippen LogP contribution in [-0.4, -0.2) is 55.3 Å². The number of anilines is 1. The van der Waals surface area contributed by atoms with Crippen molar-refractivity contribution in [2.75, 3.05) is 39.0 Å². The maximum absolute atomic E-state index is 12.4. The second kappa shape index (κ2) is 8.11. The molecule has 5 nitrogen and oxygen atoms in total. The first-order valence-corrected chi connectivity index (χ1v) is 8.32. The van der Waals surface area contributed by atoms with Crippen LogP contribution in [0, 0.1) is 6.92 Å². The lowest BCUT2D eigenvalue weighted by Crippen LogP contribution is -2.34. The Kier molecular flexibility index (Phi) is 6.16. The molecule has 2 amide bonds. The molecule has 1 heterocycles. The number of rotatable bonds is 4. The van der Waals surface area contributed by atoms with E-state index in [1.165, 1.54) is 17.7 Å². The van der Waals surface area contributed by atoms with Crippen molar-refractivity contribution in [1.29, 1.82) is 0 Å². The molecule has 1 aromatic carbocycles. The van der Waals surface area contributed by atoms with Crippen LogP contribution in [0.4, 0.5) is 5.69 Å². The summed E-state index contributed by atoms with van der Waals surface area (Å²) >= 11 is 0. The Labute approximate surface area is 138 Å². The molecule has 0 atom stereocenters. The Morgan fingerprint density at radius 3 is 2.39 bits per heavy atom. The minimum atomic E-state index is -0.0984. The number of aryl methyl sites for hydroxylation is 1. The van der Waals surface area contributed by atoms with Gasteiger partial charge in [0.15, 0.2) is 0 Å². The molecule has 23 heavy (non-hydrogen) atoms. The summed E-state index contributed by atoms with van der Waals surface area (Å²) in [6.45, 7) is 4.26. The summed E-state index contributed by atoms with van der Waals surface area (Å²) in [5.41, 5.74) is 2.08. The molecule has 1 saturated heterocycles. The average molecular weight is 317 g/mol. The third-order valence-electron chi connectivity index (χ3n) is 4.24. The van der Waals surface area contributed by atoms with Gasteiger partial charge in [-0.05, 0) is 44.5 Å². The van der Waals surface area contributed by atoms with Crippen LogP contribution in [-0.2, 0) is 4.79 Å². The van der Waals surface area contributed by atoms with E-state index in [1.807, 2.05) is 19.1 Å². The summed E-state index contributed by atoms with van der Waals surface area (Å²) < 4.78 is 0.